The molecule has 0 aliphatic carbocycles. The van der Waals surface area contributed by atoms with Gasteiger partial charge in [0, 0.05) is 31.6 Å². The van der Waals surface area contributed by atoms with E-state index < -0.39 is 10.0 Å². The number of sulfonamides is 1. The molecule has 22 heavy (non-hydrogen) atoms. The second kappa shape index (κ2) is 6.10. The number of aryl methyl sites for hydroxylation is 1. The van der Waals surface area contributed by atoms with Gasteiger partial charge in [-0.1, -0.05) is 0 Å². The van der Waals surface area contributed by atoms with Crippen molar-refractivity contribution in [3.63, 3.8) is 0 Å². The fourth-order valence-electron chi connectivity index (χ4n) is 1.89. The normalized spacial score (nSPS) is 11.3. The maximum Gasteiger partial charge on any atom is 0.273 e. The SMILES string of the molecule is CC(=O)N(C)c1ccc(N(C)S(=O)(=O)c2ccc(C)s2)cc1. The zero-order valence-corrected chi connectivity index (χ0v) is 14.5. The molecule has 0 aliphatic heterocycles. The van der Waals surface area contributed by atoms with E-state index >= 15 is 0 Å². The zero-order chi connectivity index (χ0) is 16.5. The molecule has 0 N–H and O–H groups in total. The number of thiophene rings is 1. The van der Waals surface area contributed by atoms with Crippen LogP contribution >= 0.6 is 11.3 Å². The predicted molar refractivity (Wildman–Crippen MR) is 90.2 cm³/mol. The van der Waals surface area contributed by atoms with Gasteiger partial charge < -0.3 is 4.90 Å². The minimum absolute atomic E-state index is 0.0808. The van der Waals surface area contributed by atoms with Crippen molar-refractivity contribution in [1.82, 2.24) is 0 Å². The molecule has 2 aromatic rings. The number of hydrogen-bond donors (Lipinski definition) is 0. The molecule has 0 atom stereocenters. The molecule has 0 saturated heterocycles. The van der Waals surface area contributed by atoms with Crippen molar-refractivity contribution in [2.45, 2.75) is 18.1 Å². The molecule has 118 valence electrons. The second-order valence-corrected chi connectivity index (χ2v) is 8.42. The molecule has 2 rings (SSSR count). The Morgan fingerprint density at radius 2 is 1.55 bits per heavy atom. The smallest absolute Gasteiger partial charge is 0.273 e. The minimum Gasteiger partial charge on any atom is -0.316 e. The van der Waals surface area contributed by atoms with Crippen LogP contribution in [0.4, 0.5) is 11.4 Å². The van der Waals surface area contributed by atoms with E-state index in [0.29, 0.717) is 15.6 Å². The molecule has 1 aromatic heterocycles. The number of anilines is 2. The van der Waals surface area contributed by atoms with Gasteiger partial charge in [-0.3, -0.25) is 9.10 Å². The molecule has 5 nitrogen and oxygen atoms in total. The van der Waals surface area contributed by atoms with Gasteiger partial charge in [0.05, 0.1) is 5.69 Å². The van der Waals surface area contributed by atoms with E-state index in [4.69, 9.17) is 0 Å². The fourth-order valence-corrected chi connectivity index (χ4v) is 4.54. The van der Waals surface area contributed by atoms with Crippen molar-refractivity contribution in [2.75, 3.05) is 23.3 Å². The third kappa shape index (κ3) is 3.15. The van der Waals surface area contributed by atoms with Crippen LogP contribution in [0.15, 0.2) is 40.6 Å². The maximum absolute atomic E-state index is 12.5. The summed E-state index contributed by atoms with van der Waals surface area (Å²) in [5.74, 6) is -0.0808. The molecular formula is C15H18N2O3S2. The van der Waals surface area contributed by atoms with Gasteiger partial charge >= 0.3 is 0 Å². The molecule has 0 bridgehead atoms. The zero-order valence-electron chi connectivity index (χ0n) is 12.9. The van der Waals surface area contributed by atoms with Crippen LogP contribution in [0.25, 0.3) is 0 Å². The summed E-state index contributed by atoms with van der Waals surface area (Å²) in [6, 6.07) is 10.2. The van der Waals surface area contributed by atoms with Crippen molar-refractivity contribution in [1.29, 1.82) is 0 Å². The molecule has 1 aromatic carbocycles. The van der Waals surface area contributed by atoms with E-state index in [1.54, 1.807) is 43.4 Å². The number of nitrogens with zero attached hydrogens (tertiary/aromatic N) is 2. The number of carbonyl (C=O) groups excluding carboxylic acids is 1. The molecule has 0 spiro atoms. The van der Waals surface area contributed by atoms with Crippen LogP contribution in [0.2, 0.25) is 0 Å². The summed E-state index contributed by atoms with van der Waals surface area (Å²) >= 11 is 1.25. The number of hydrogen-bond acceptors (Lipinski definition) is 4. The first-order valence-electron chi connectivity index (χ1n) is 6.63. The van der Waals surface area contributed by atoms with Crippen LogP contribution in [0.1, 0.15) is 11.8 Å². The van der Waals surface area contributed by atoms with Crippen LogP contribution in [0, 0.1) is 6.92 Å². The molecule has 1 heterocycles. The van der Waals surface area contributed by atoms with Crippen molar-refractivity contribution in [3.8, 4) is 0 Å². The molecular weight excluding hydrogens is 320 g/mol. The first-order valence-corrected chi connectivity index (χ1v) is 8.89. The molecule has 0 unspecified atom stereocenters. The van der Waals surface area contributed by atoms with E-state index in [1.807, 2.05) is 6.92 Å². The van der Waals surface area contributed by atoms with Crippen molar-refractivity contribution in [2.24, 2.45) is 0 Å². The van der Waals surface area contributed by atoms with Gasteiger partial charge in [-0.2, -0.15) is 0 Å². The minimum atomic E-state index is -3.55. The Kier molecular flexibility index (Phi) is 4.58. The lowest BCUT2D eigenvalue weighted by molar-refractivity contribution is -0.116. The molecule has 1 amide bonds. The second-order valence-electron chi connectivity index (χ2n) is 4.93. The van der Waals surface area contributed by atoms with Crippen molar-refractivity contribution >= 4 is 38.6 Å². The van der Waals surface area contributed by atoms with Crippen LogP contribution < -0.4 is 9.21 Å². The largest absolute Gasteiger partial charge is 0.316 e. The highest BCUT2D eigenvalue weighted by Crippen LogP contribution is 2.28. The van der Waals surface area contributed by atoms with Gasteiger partial charge in [0.25, 0.3) is 10.0 Å². The Bertz CT molecular complexity index is 779. The van der Waals surface area contributed by atoms with Crippen LogP contribution in [-0.4, -0.2) is 28.4 Å². The first-order chi connectivity index (χ1) is 10.2. The highest BCUT2D eigenvalue weighted by Gasteiger charge is 2.23. The third-order valence-electron chi connectivity index (χ3n) is 3.40. The summed E-state index contributed by atoms with van der Waals surface area (Å²) in [4.78, 5) is 13.8. The summed E-state index contributed by atoms with van der Waals surface area (Å²) < 4.78 is 26.7. The lowest BCUT2D eigenvalue weighted by atomic mass is 10.2. The van der Waals surface area contributed by atoms with Gasteiger partial charge in [-0.25, -0.2) is 8.42 Å². The number of rotatable bonds is 4. The Labute approximate surface area is 134 Å². The topological polar surface area (TPSA) is 57.7 Å². The molecule has 7 heteroatoms. The Morgan fingerprint density at radius 1 is 1.00 bits per heavy atom. The summed E-state index contributed by atoms with van der Waals surface area (Å²) in [6.45, 7) is 3.35. The lowest BCUT2D eigenvalue weighted by Crippen LogP contribution is -2.26. The predicted octanol–water partition coefficient (Wildman–Crippen LogP) is 2.86. The number of carbonyl (C=O) groups is 1. The van der Waals surface area contributed by atoms with Gasteiger partial charge in [0.15, 0.2) is 0 Å². The fraction of sp³-hybridized carbons (Fsp3) is 0.267. The molecule has 0 aliphatic rings. The Hall–Kier alpha value is -1.86. The van der Waals surface area contributed by atoms with E-state index in [1.165, 1.54) is 34.5 Å². The van der Waals surface area contributed by atoms with Gasteiger partial charge in [0.1, 0.15) is 4.21 Å². The number of amides is 1. The highest BCUT2D eigenvalue weighted by atomic mass is 32.2. The van der Waals surface area contributed by atoms with Gasteiger partial charge in [0.2, 0.25) is 5.91 Å². The quantitative estimate of drug-likeness (QED) is 0.861. The highest BCUT2D eigenvalue weighted by molar-refractivity contribution is 7.94. The van der Waals surface area contributed by atoms with Crippen LogP contribution in [-0.2, 0) is 14.8 Å². The summed E-state index contributed by atoms with van der Waals surface area (Å²) in [5, 5.41) is 0. The third-order valence-corrected chi connectivity index (χ3v) is 6.66. The first kappa shape index (κ1) is 16.5. The van der Waals surface area contributed by atoms with Gasteiger partial charge in [-0.15, -0.1) is 11.3 Å². The average Bonchev–Trinajstić information content (AvgIpc) is 2.93. The van der Waals surface area contributed by atoms with Gasteiger partial charge in [-0.05, 0) is 43.3 Å². The van der Waals surface area contributed by atoms with Crippen molar-refractivity contribution in [3.05, 3.63) is 41.3 Å². The summed E-state index contributed by atoms with van der Waals surface area (Å²) in [5.41, 5.74) is 1.26. The Morgan fingerprint density at radius 3 is 2.00 bits per heavy atom. The summed E-state index contributed by atoms with van der Waals surface area (Å²) in [6.07, 6.45) is 0. The number of benzene rings is 1. The Balaban J connectivity index is 2.30. The van der Waals surface area contributed by atoms with Crippen LogP contribution in [0.5, 0.6) is 0 Å². The lowest BCUT2D eigenvalue weighted by Gasteiger charge is -2.20. The maximum atomic E-state index is 12.5. The monoisotopic (exact) mass is 338 g/mol. The molecule has 0 radical (unpaired) electrons. The van der Waals surface area contributed by atoms with E-state index in [9.17, 15) is 13.2 Å². The van der Waals surface area contributed by atoms with E-state index in [0.717, 1.165) is 4.88 Å². The molecule has 0 fully saturated rings. The van der Waals surface area contributed by atoms with E-state index in [2.05, 4.69) is 0 Å². The standard InChI is InChI=1S/C15H18N2O3S2/c1-11-5-10-15(21-11)22(19,20)17(4)14-8-6-13(7-9-14)16(3)12(2)18/h5-10H,1-4H3. The van der Waals surface area contributed by atoms with E-state index in [-0.39, 0.29) is 5.91 Å². The summed E-state index contributed by atoms with van der Waals surface area (Å²) in [7, 11) is -0.355. The molecule has 0 saturated carbocycles. The van der Waals surface area contributed by atoms with Crippen molar-refractivity contribution < 1.29 is 13.2 Å². The van der Waals surface area contributed by atoms with Crippen LogP contribution in [0.3, 0.4) is 0 Å². The average molecular weight is 338 g/mol.